The second-order valence-electron chi connectivity index (χ2n) is 7.17. The molecule has 0 aromatic carbocycles. The van der Waals surface area contributed by atoms with E-state index in [1.165, 1.54) is 36.6 Å². The number of thiazole rings is 1. The summed E-state index contributed by atoms with van der Waals surface area (Å²) in [6.07, 6.45) is 2.42. The molecule has 0 saturated carbocycles. The van der Waals surface area contributed by atoms with E-state index in [1.54, 1.807) is 0 Å². The number of oxime groups is 1. The number of hydrogen-bond acceptors (Lipinski definition) is 12. The number of carbonyl (C=O) groups is 3. The van der Waals surface area contributed by atoms with Crippen LogP contribution in [0.1, 0.15) is 19.5 Å². The Morgan fingerprint density at radius 1 is 1.42 bits per heavy atom. The summed E-state index contributed by atoms with van der Waals surface area (Å²) < 4.78 is 34.0. The van der Waals surface area contributed by atoms with Crippen LogP contribution in [0.15, 0.2) is 23.2 Å². The minimum absolute atomic E-state index is 0.0672. The van der Waals surface area contributed by atoms with Crippen LogP contribution in [-0.2, 0) is 36.1 Å². The highest BCUT2D eigenvalue weighted by molar-refractivity contribution is 7.84. The Morgan fingerprint density at radius 2 is 2.12 bits per heavy atom. The van der Waals surface area contributed by atoms with E-state index in [0.717, 1.165) is 11.3 Å². The normalized spacial score (nSPS) is 19.2. The van der Waals surface area contributed by atoms with E-state index in [4.69, 9.17) is 10.6 Å². The number of nitrogens with two attached hydrogens (primary N) is 1. The number of nitrogens with zero attached hydrogens (tertiary/aromatic N) is 6. The van der Waals surface area contributed by atoms with E-state index in [9.17, 15) is 32.5 Å². The lowest BCUT2D eigenvalue weighted by Crippen LogP contribution is -2.73. The van der Waals surface area contributed by atoms with Crippen LogP contribution in [0.4, 0.5) is 5.13 Å². The molecule has 1 saturated heterocycles. The average molecular weight is 502 g/mol. The number of nitrogen functional groups attached to an aromatic ring is 1. The zero-order chi connectivity index (χ0) is 24.6. The maximum atomic E-state index is 12.9. The third kappa shape index (κ3) is 5.07. The van der Waals surface area contributed by atoms with Gasteiger partial charge in [-0.1, -0.05) is 5.16 Å². The van der Waals surface area contributed by atoms with E-state index in [-0.39, 0.29) is 21.7 Å². The first kappa shape index (κ1) is 24.0. The van der Waals surface area contributed by atoms with Gasteiger partial charge in [-0.15, -0.1) is 11.3 Å². The molecule has 178 valence electrons. The largest absolute Gasteiger partial charge is 0.478 e. The van der Waals surface area contributed by atoms with Gasteiger partial charge in [-0.25, -0.2) is 19.1 Å². The molecule has 3 rings (SSSR count). The maximum absolute atomic E-state index is 12.9. The Kier molecular flexibility index (Phi) is 6.34. The first-order chi connectivity index (χ1) is 15.3. The number of hydrogen-bond donors (Lipinski definition) is 4. The summed E-state index contributed by atoms with van der Waals surface area (Å²) >= 11 is 0.964. The first-order valence-corrected chi connectivity index (χ1v) is 11.2. The molecular formula is C15H18N8O8S2. The molecule has 0 spiro atoms. The van der Waals surface area contributed by atoms with Gasteiger partial charge < -0.3 is 21.0 Å². The zero-order valence-electron chi connectivity index (χ0n) is 17.0. The number of amides is 2. The van der Waals surface area contributed by atoms with Crippen LogP contribution in [0.25, 0.3) is 0 Å². The molecular weight excluding hydrogens is 484 g/mol. The van der Waals surface area contributed by atoms with Crippen molar-refractivity contribution < 1.29 is 37.3 Å². The predicted molar refractivity (Wildman–Crippen MR) is 110 cm³/mol. The highest BCUT2D eigenvalue weighted by Crippen LogP contribution is 2.25. The third-order valence-corrected chi connectivity index (χ3v) is 6.03. The van der Waals surface area contributed by atoms with Gasteiger partial charge in [0.15, 0.2) is 10.8 Å². The standard InChI is InChI=1S/C15H18N8O8S2/c1-15(2,13(26)27)31-21-9(7-4-32-14(16)19-7)11(24)20-10-8(3-22-6-17-5-18-22)23(12(10)25)33(28,29)30/h4-6,8,10H,3H2,1-2H3,(H2,16,19)(H,20,24)(H,26,27)(H,28,29,30)/b21-9-/t8-,10?/m1/s1. The van der Waals surface area contributed by atoms with Crippen LogP contribution in [0, 0.1) is 0 Å². The number of carbonyl (C=O) groups excluding carboxylic acids is 2. The van der Waals surface area contributed by atoms with Gasteiger partial charge in [0.2, 0.25) is 5.60 Å². The predicted octanol–water partition coefficient (Wildman–Crippen LogP) is -1.90. The highest BCUT2D eigenvalue weighted by Gasteiger charge is 2.54. The smallest absolute Gasteiger partial charge is 0.362 e. The summed E-state index contributed by atoms with van der Waals surface area (Å²) in [5, 5.41) is 20.3. The minimum Gasteiger partial charge on any atom is -0.478 e. The number of carboxylic acids is 1. The van der Waals surface area contributed by atoms with Crippen LogP contribution in [0.5, 0.6) is 0 Å². The molecule has 2 aromatic heterocycles. The van der Waals surface area contributed by atoms with E-state index < -0.39 is 51.5 Å². The Morgan fingerprint density at radius 3 is 2.64 bits per heavy atom. The highest BCUT2D eigenvalue weighted by atomic mass is 32.2. The summed E-state index contributed by atoms with van der Waals surface area (Å²) in [6.45, 7) is 2.16. The lowest BCUT2D eigenvalue weighted by Gasteiger charge is -2.43. The second kappa shape index (κ2) is 8.71. The number of carboxylic acid groups (broad SMARTS) is 1. The van der Waals surface area contributed by atoms with Gasteiger partial charge >= 0.3 is 16.3 Å². The molecule has 16 nitrogen and oxygen atoms in total. The number of rotatable bonds is 9. The first-order valence-electron chi connectivity index (χ1n) is 8.96. The molecule has 1 fully saturated rings. The molecule has 0 radical (unpaired) electrons. The van der Waals surface area contributed by atoms with Crippen molar-refractivity contribution in [3.8, 4) is 0 Å². The lowest BCUT2D eigenvalue weighted by molar-refractivity contribution is -0.161. The molecule has 3 heterocycles. The van der Waals surface area contributed by atoms with Gasteiger partial charge in [-0.05, 0) is 13.8 Å². The summed E-state index contributed by atoms with van der Waals surface area (Å²) in [5.41, 5.74) is 3.21. The molecule has 1 aliphatic heterocycles. The fraction of sp³-hybridized carbons (Fsp3) is 0.400. The number of aliphatic carboxylic acids is 1. The summed E-state index contributed by atoms with van der Waals surface area (Å²) in [7, 11) is -4.92. The van der Waals surface area contributed by atoms with E-state index in [2.05, 4.69) is 25.5 Å². The molecule has 2 amide bonds. The molecule has 0 aliphatic carbocycles. The van der Waals surface area contributed by atoms with Crippen molar-refractivity contribution in [1.29, 1.82) is 0 Å². The number of β-lactam (4-membered cyclic amide) rings is 1. The zero-order valence-corrected chi connectivity index (χ0v) is 18.6. The van der Waals surface area contributed by atoms with E-state index in [0.29, 0.717) is 0 Å². The molecule has 1 unspecified atom stereocenters. The summed E-state index contributed by atoms with van der Waals surface area (Å²) in [4.78, 5) is 49.2. The van der Waals surface area contributed by atoms with Gasteiger partial charge in [0.25, 0.3) is 11.8 Å². The van der Waals surface area contributed by atoms with Crippen molar-refractivity contribution in [2.45, 2.75) is 38.1 Å². The van der Waals surface area contributed by atoms with Crippen LogP contribution < -0.4 is 11.1 Å². The summed E-state index contributed by atoms with van der Waals surface area (Å²) in [5.74, 6) is -3.51. The minimum atomic E-state index is -4.92. The molecule has 18 heteroatoms. The Bertz CT molecular complexity index is 1210. The number of nitrogens with one attached hydrogen (secondary N) is 1. The number of anilines is 1. The Labute approximate surface area is 189 Å². The van der Waals surface area contributed by atoms with E-state index >= 15 is 0 Å². The van der Waals surface area contributed by atoms with Crippen LogP contribution in [0.3, 0.4) is 0 Å². The van der Waals surface area contributed by atoms with Gasteiger partial charge in [-0.3, -0.25) is 18.8 Å². The maximum Gasteiger partial charge on any atom is 0.362 e. The van der Waals surface area contributed by atoms with Crippen LogP contribution in [-0.4, -0.2) is 83.3 Å². The Balaban J connectivity index is 1.88. The van der Waals surface area contributed by atoms with Crippen LogP contribution in [0.2, 0.25) is 0 Å². The molecule has 0 bridgehead atoms. The third-order valence-electron chi connectivity index (χ3n) is 4.40. The van der Waals surface area contributed by atoms with Crippen molar-refractivity contribution in [3.63, 3.8) is 0 Å². The number of aromatic nitrogens is 4. The molecule has 2 aromatic rings. The van der Waals surface area contributed by atoms with Gasteiger partial charge in [0.05, 0.1) is 12.6 Å². The van der Waals surface area contributed by atoms with Crippen molar-refractivity contribution in [1.82, 2.24) is 29.4 Å². The Hall–Kier alpha value is -3.64. The van der Waals surface area contributed by atoms with Crippen molar-refractivity contribution in [2.75, 3.05) is 5.73 Å². The van der Waals surface area contributed by atoms with Crippen molar-refractivity contribution in [2.24, 2.45) is 5.16 Å². The molecule has 1 aliphatic rings. The van der Waals surface area contributed by atoms with Crippen LogP contribution >= 0.6 is 11.3 Å². The molecule has 2 atom stereocenters. The average Bonchev–Trinajstić information content (AvgIpc) is 3.36. The van der Waals surface area contributed by atoms with Gasteiger partial charge in [0.1, 0.15) is 24.4 Å². The quantitative estimate of drug-likeness (QED) is 0.127. The second-order valence-corrected chi connectivity index (χ2v) is 9.34. The monoisotopic (exact) mass is 502 g/mol. The topological polar surface area (TPSA) is 232 Å². The fourth-order valence-corrected chi connectivity index (χ4v) is 4.09. The SMILES string of the molecule is CC(C)(O/N=C(\C(=O)NC1C(=O)N(S(=O)(=O)O)[C@@H]1Cn1cncn1)c1csc(N)n1)C(=O)O. The molecule has 33 heavy (non-hydrogen) atoms. The van der Waals surface area contributed by atoms with Gasteiger partial charge in [-0.2, -0.15) is 13.5 Å². The fourth-order valence-electron chi connectivity index (χ4n) is 2.67. The molecule has 5 N–H and O–H groups in total. The van der Waals surface area contributed by atoms with Gasteiger partial charge in [0, 0.05) is 5.38 Å². The van der Waals surface area contributed by atoms with Crippen molar-refractivity contribution >= 4 is 50.3 Å². The summed E-state index contributed by atoms with van der Waals surface area (Å²) in [6, 6.07) is -2.64. The lowest BCUT2D eigenvalue weighted by atomic mass is 9.98. The van der Waals surface area contributed by atoms with E-state index in [1.807, 2.05) is 0 Å². The van der Waals surface area contributed by atoms with Crippen molar-refractivity contribution in [3.05, 3.63) is 23.7 Å².